The zero-order valence-corrected chi connectivity index (χ0v) is 26.1. The zero-order chi connectivity index (χ0) is 31.7. The number of nitrogens with one attached hydrogen (secondary N) is 3. The molecule has 4 unspecified atom stereocenters. The number of hydrogen-bond donors (Lipinski definition) is 4. The van der Waals surface area contributed by atoms with E-state index < -0.39 is 40.0 Å². The van der Waals surface area contributed by atoms with Crippen LogP contribution in [0.5, 0.6) is 0 Å². The molecular formula is C30H45N5O7S. The number of fused-ring (bicyclic) bond motifs is 1. The summed E-state index contributed by atoms with van der Waals surface area (Å²) in [5.74, 6) is -0.975. The van der Waals surface area contributed by atoms with Crippen LogP contribution in [0, 0.1) is 11.8 Å². The quantitative estimate of drug-likeness (QED) is 0.137. The molecule has 0 radical (unpaired) electrons. The smallest absolute Gasteiger partial charge is 0.333 e. The number of benzene rings is 1. The van der Waals surface area contributed by atoms with Gasteiger partial charge in [-0.1, -0.05) is 39.1 Å². The van der Waals surface area contributed by atoms with E-state index in [1.165, 1.54) is 17.9 Å². The van der Waals surface area contributed by atoms with E-state index in [4.69, 9.17) is 15.2 Å². The Morgan fingerprint density at radius 3 is 2.58 bits per heavy atom. The molecule has 1 fully saturated rings. The Hall–Kier alpha value is -3.58. The standard InChI is InChI=1S/C30H45N5O7S/c1-19(2)29(37)41-14-15-42-30(38)25-17-20(3)11-13-35(25)28(36)24(9-7-12-32-22(5)31)34-43(39,40)26-10-6-8-23-16-21(4)18-33-27(23)26/h6,8,10,20-21,24-25,32-34H,1,5,7,9,11-18,31H2,2-4H3. The fraction of sp³-hybridized carbons (Fsp3) is 0.567. The van der Waals surface area contributed by atoms with Gasteiger partial charge in [0.2, 0.25) is 15.9 Å². The molecule has 0 bridgehead atoms. The first-order valence-electron chi connectivity index (χ1n) is 14.7. The molecule has 0 saturated carbocycles. The van der Waals surface area contributed by atoms with Crippen molar-refractivity contribution < 1.29 is 32.3 Å². The largest absolute Gasteiger partial charge is 0.461 e. The van der Waals surface area contributed by atoms with Crippen molar-refractivity contribution in [3.8, 4) is 0 Å². The summed E-state index contributed by atoms with van der Waals surface area (Å²) in [7, 11) is -4.13. The number of carbonyl (C=O) groups is 3. The van der Waals surface area contributed by atoms with Crippen LogP contribution in [0.1, 0.15) is 52.0 Å². The maximum absolute atomic E-state index is 14.0. The van der Waals surface area contributed by atoms with Crippen molar-refractivity contribution in [1.29, 1.82) is 0 Å². The number of likely N-dealkylation sites (tertiary alicyclic amines) is 1. The van der Waals surface area contributed by atoms with Crippen molar-refractivity contribution in [2.24, 2.45) is 17.6 Å². The summed E-state index contributed by atoms with van der Waals surface area (Å²) in [5.41, 5.74) is 7.27. The monoisotopic (exact) mass is 619 g/mol. The lowest BCUT2D eigenvalue weighted by Gasteiger charge is -2.39. The van der Waals surface area contributed by atoms with Gasteiger partial charge in [-0.25, -0.2) is 18.0 Å². The zero-order valence-electron chi connectivity index (χ0n) is 25.3. The highest BCUT2D eigenvalue weighted by Gasteiger charge is 2.40. The third-order valence-corrected chi connectivity index (χ3v) is 9.06. The number of amides is 1. The molecule has 0 aliphatic carbocycles. The third kappa shape index (κ3) is 9.45. The van der Waals surface area contributed by atoms with Crippen LogP contribution in [0.3, 0.4) is 0 Å². The summed E-state index contributed by atoms with van der Waals surface area (Å²) >= 11 is 0. The Kier molecular flexibility index (Phi) is 12.0. The number of piperidine rings is 1. The van der Waals surface area contributed by atoms with Crippen molar-refractivity contribution in [2.45, 2.75) is 69.9 Å². The summed E-state index contributed by atoms with van der Waals surface area (Å²) in [6.45, 7) is 13.6. The molecular weight excluding hydrogens is 574 g/mol. The Balaban J connectivity index is 1.80. The molecule has 2 aliphatic heterocycles. The number of esters is 2. The average molecular weight is 620 g/mol. The normalized spacial score (nSPS) is 20.6. The summed E-state index contributed by atoms with van der Waals surface area (Å²) in [5, 5.41) is 6.13. The number of nitrogens with zero attached hydrogens (tertiary/aromatic N) is 1. The van der Waals surface area contributed by atoms with E-state index in [1.54, 1.807) is 6.07 Å². The fourth-order valence-electron chi connectivity index (χ4n) is 5.26. The average Bonchev–Trinajstić information content (AvgIpc) is 2.95. The summed E-state index contributed by atoms with van der Waals surface area (Å²) in [6.07, 6.45) is 2.31. The van der Waals surface area contributed by atoms with Gasteiger partial charge in [-0.2, -0.15) is 4.72 Å². The fourth-order valence-corrected chi connectivity index (χ4v) is 6.71. The molecule has 1 aromatic carbocycles. The summed E-state index contributed by atoms with van der Waals surface area (Å²) in [6, 6.07) is 3.07. The van der Waals surface area contributed by atoms with Crippen LogP contribution in [0.15, 0.2) is 47.6 Å². The van der Waals surface area contributed by atoms with Crippen molar-refractivity contribution in [1.82, 2.24) is 14.9 Å². The van der Waals surface area contributed by atoms with Crippen molar-refractivity contribution in [3.63, 3.8) is 0 Å². The van der Waals surface area contributed by atoms with Crippen LogP contribution in [-0.4, -0.2) is 76.1 Å². The molecule has 43 heavy (non-hydrogen) atoms. The maximum Gasteiger partial charge on any atom is 0.333 e. The van der Waals surface area contributed by atoms with Gasteiger partial charge in [0.05, 0.1) is 11.5 Å². The first kappa shape index (κ1) is 33.9. The molecule has 3 rings (SSSR count). The van der Waals surface area contributed by atoms with Crippen LogP contribution >= 0.6 is 0 Å². The van der Waals surface area contributed by atoms with E-state index in [1.807, 2.05) is 13.0 Å². The van der Waals surface area contributed by atoms with E-state index in [0.29, 0.717) is 44.0 Å². The van der Waals surface area contributed by atoms with Gasteiger partial charge in [0, 0.05) is 25.2 Å². The number of nitrogens with two attached hydrogens (primary N) is 1. The Bertz CT molecular complexity index is 1320. The number of carbonyl (C=O) groups excluding carboxylic acids is 3. The molecule has 12 nitrogen and oxygen atoms in total. The molecule has 1 aromatic rings. The van der Waals surface area contributed by atoms with Gasteiger partial charge in [-0.3, -0.25) is 4.79 Å². The SMILES string of the molecule is C=C(N)NCCCC(NS(=O)(=O)c1cccc2c1NCC(C)C2)C(=O)N1CCC(C)CC1C(=O)OCCOC(=O)C(=C)C. The van der Waals surface area contributed by atoms with E-state index in [2.05, 4.69) is 35.4 Å². The number of sulfonamides is 1. The summed E-state index contributed by atoms with van der Waals surface area (Å²) in [4.78, 5) is 40.3. The molecule has 5 N–H and O–H groups in total. The molecule has 0 aromatic heterocycles. The Morgan fingerprint density at radius 1 is 1.16 bits per heavy atom. The highest BCUT2D eigenvalue weighted by molar-refractivity contribution is 7.89. The molecule has 2 heterocycles. The number of hydrogen-bond acceptors (Lipinski definition) is 10. The van der Waals surface area contributed by atoms with E-state index in [9.17, 15) is 22.8 Å². The van der Waals surface area contributed by atoms with Crippen molar-refractivity contribution in [3.05, 3.63) is 48.3 Å². The van der Waals surface area contributed by atoms with Crippen LogP contribution in [0.4, 0.5) is 5.69 Å². The minimum atomic E-state index is -4.13. The minimum Gasteiger partial charge on any atom is -0.461 e. The summed E-state index contributed by atoms with van der Waals surface area (Å²) < 4.78 is 40.5. The van der Waals surface area contributed by atoms with Gasteiger partial charge >= 0.3 is 11.9 Å². The third-order valence-electron chi connectivity index (χ3n) is 7.54. The lowest BCUT2D eigenvalue weighted by atomic mass is 9.91. The number of ether oxygens (including phenoxy) is 2. The van der Waals surface area contributed by atoms with Crippen LogP contribution < -0.4 is 21.1 Å². The molecule has 238 valence electrons. The number of para-hydroxylation sites is 1. The van der Waals surface area contributed by atoms with Crippen molar-refractivity contribution in [2.75, 3.05) is 38.2 Å². The number of anilines is 1. The van der Waals surface area contributed by atoms with Gasteiger partial charge in [-0.05, 0) is 62.5 Å². The van der Waals surface area contributed by atoms with Gasteiger partial charge < -0.3 is 30.7 Å². The number of rotatable bonds is 14. The van der Waals surface area contributed by atoms with E-state index >= 15 is 0 Å². The second-order valence-corrected chi connectivity index (χ2v) is 13.2. The Labute approximate surface area is 254 Å². The maximum atomic E-state index is 14.0. The van der Waals surface area contributed by atoms with Crippen LogP contribution in [0.2, 0.25) is 0 Å². The highest BCUT2D eigenvalue weighted by Crippen LogP contribution is 2.32. The van der Waals surface area contributed by atoms with Gasteiger partial charge in [0.25, 0.3) is 0 Å². The molecule has 4 atom stereocenters. The molecule has 1 amide bonds. The van der Waals surface area contributed by atoms with Gasteiger partial charge in [0.1, 0.15) is 30.2 Å². The first-order valence-corrected chi connectivity index (χ1v) is 16.1. The molecule has 1 saturated heterocycles. The van der Waals surface area contributed by atoms with Gasteiger partial charge in [0.15, 0.2) is 0 Å². The van der Waals surface area contributed by atoms with E-state index in [-0.39, 0.29) is 48.4 Å². The Morgan fingerprint density at radius 2 is 1.88 bits per heavy atom. The lowest BCUT2D eigenvalue weighted by molar-refractivity contribution is -0.161. The molecule has 13 heteroatoms. The van der Waals surface area contributed by atoms with Crippen LogP contribution in [-0.2, 0) is 40.3 Å². The highest BCUT2D eigenvalue weighted by atomic mass is 32.2. The van der Waals surface area contributed by atoms with Crippen LogP contribution in [0.25, 0.3) is 0 Å². The molecule has 0 spiro atoms. The predicted octanol–water partition coefficient (Wildman–Crippen LogP) is 2.03. The van der Waals surface area contributed by atoms with Crippen molar-refractivity contribution >= 4 is 33.6 Å². The second-order valence-electron chi connectivity index (χ2n) is 11.5. The first-order chi connectivity index (χ1) is 20.3. The lowest BCUT2D eigenvalue weighted by Crippen LogP contribution is -2.57. The molecule has 2 aliphatic rings. The minimum absolute atomic E-state index is 0.0793. The topological polar surface area (TPSA) is 169 Å². The van der Waals surface area contributed by atoms with Gasteiger partial charge in [-0.15, -0.1) is 0 Å². The predicted molar refractivity (Wildman–Crippen MR) is 163 cm³/mol. The van der Waals surface area contributed by atoms with E-state index in [0.717, 1.165) is 12.0 Å². The second kappa shape index (κ2) is 15.2.